The van der Waals surface area contributed by atoms with E-state index in [1.165, 1.54) is 6.07 Å². The van der Waals surface area contributed by atoms with E-state index in [0.717, 1.165) is 10.8 Å². The van der Waals surface area contributed by atoms with E-state index < -0.39 is 43.2 Å². The normalized spacial score (nSPS) is 29.8. The predicted octanol–water partition coefficient (Wildman–Crippen LogP) is -1.02. The molecule has 0 unspecified atom stereocenters. The van der Waals surface area contributed by atoms with Crippen molar-refractivity contribution >= 4 is 5.82 Å². The quantitative estimate of drug-likeness (QED) is 0.653. The molecule has 4 atom stereocenters. The van der Waals surface area contributed by atoms with Gasteiger partial charge in [-0.3, -0.25) is 9.30 Å². The Morgan fingerprint density at radius 3 is 2.67 bits per heavy atom. The van der Waals surface area contributed by atoms with Gasteiger partial charge in [-0.2, -0.15) is 4.98 Å². The molecular formula is C10H12F3N3O5. The monoisotopic (exact) mass is 311 g/mol. The van der Waals surface area contributed by atoms with Crippen LogP contribution in [0.4, 0.5) is 19.0 Å². The number of aliphatic hydroxyl groups is 2. The van der Waals surface area contributed by atoms with Crippen LogP contribution in [0.2, 0.25) is 0 Å². The highest BCUT2D eigenvalue weighted by Gasteiger charge is 2.45. The van der Waals surface area contributed by atoms with Crippen molar-refractivity contribution in [2.45, 2.75) is 30.9 Å². The lowest BCUT2D eigenvalue weighted by Crippen LogP contribution is -2.36. The molecule has 1 aromatic rings. The van der Waals surface area contributed by atoms with Crippen LogP contribution in [0.5, 0.6) is 0 Å². The fourth-order valence-electron chi connectivity index (χ4n) is 1.89. The zero-order valence-electron chi connectivity index (χ0n) is 10.4. The molecule has 21 heavy (non-hydrogen) atoms. The molecule has 0 saturated carbocycles. The van der Waals surface area contributed by atoms with Gasteiger partial charge in [0.2, 0.25) is 0 Å². The molecule has 1 aliphatic rings. The number of halogens is 3. The summed E-state index contributed by atoms with van der Waals surface area (Å²) in [7, 11) is 0. The highest BCUT2D eigenvalue weighted by atomic mass is 19.4. The van der Waals surface area contributed by atoms with Gasteiger partial charge in [-0.25, -0.2) is 4.79 Å². The Hall–Kier alpha value is -1.69. The fourth-order valence-corrected chi connectivity index (χ4v) is 1.89. The molecule has 118 valence electrons. The summed E-state index contributed by atoms with van der Waals surface area (Å²) in [6.45, 7) is -1.02. The van der Waals surface area contributed by atoms with Crippen molar-refractivity contribution in [2.24, 2.45) is 0 Å². The zero-order valence-corrected chi connectivity index (χ0v) is 10.4. The first kappa shape index (κ1) is 15.7. The van der Waals surface area contributed by atoms with Gasteiger partial charge in [0.05, 0.1) is 6.61 Å². The molecule has 0 aromatic carbocycles. The molecule has 0 amide bonds. The van der Waals surface area contributed by atoms with Crippen molar-refractivity contribution in [2.75, 3.05) is 12.3 Å². The third kappa shape index (κ3) is 3.50. The van der Waals surface area contributed by atoms with Gasteiger partial charge in [-0.15, -0.1) is 13.2 Å². The van der Waals surface area contributed by atoms with E-state index in [-0.39, 0.29) is 5.82 Å². The number of nitrogens with two attached hydrogens (primary N) is 1. The fraction of sp³-hybridized carbons (Fsp3) is 0.600. The summed E-state index contributed by atoms with van der Waals surface area (Å²) < 4.78 is 45.3. The maximum absolute atomic E-state index is 12.0. The van der Waals surface area contributed by atoms with Crippen LogP contribution < -0.4 is 11.4 Å². The van der Waals surface area contributed by atoms with Crippen LogP contribution >= 0.6 is 0 Å². The van der Waals surface area contributed by atoms with E-state index in [2.05, 4.69) is 9.72 Å². The molecule has 0 radical (unpaired) electrons. The Morgan fingerprint density at radius 2 is 2.10 bits per heavy atom. The van der Waals surface area contributed by atoms with Crippen molar-refractivity contribution in [1.82, 2.24) is 9.55 Å². The van der Waals surface area contributed by atoms with Gasteiger partial charge in [0.25, 0.3) is 0 Å². The second kappa shape index (κ2) is 5.60. The Labute approximate surface area is 115 Å². The Balaban J connectivity index is 2.14. The molecule has 2 rings (SSSR count). The van der Waals surface area contributed by atoms with Gasteiger partial charge in [-0.1, -0.05) is 0 Å². The van der Waals surface area contributed by atoms with E-state index in [4.69, 9.17) is 10.5 Å². The molecule has 1 saturated heterocycles. The van der Waals surface area contributed by atoms with Gasteiger partial charge in [-0.05, 0) is 6.07 Å². The van der Waals surface area contributed by atoms with Gasteiger partial charge >= 0.3 is 12.1 Å². The molecule has 1 fully saturated rings. The van der Waals surface area contributed by atoms with Crippen molar-refractivity contribution in [3.63, 3.8) is 0 Å². The molecule has 2 heterocycles. The van der Waals surface area contributed by atoms with Crippen LogP contribution in [0.15, 0.2) is 17.1 Å². The van der Waals surface area contributed by atoms with Crippen LogP contribution in [-0.2, 0) is 9.47 Å². The molecule has 1 aliphatic heterocycles. The van der Waals surface area contributed by atoms with E-state index in [0.29, 0.717) is 0 Å². The molecule has 11 heteroatoms. The minimum absolute atomic E-state index is 0.0683. The second-order valence-corrected chi connectivity index (χ2v) is 4.35. The smallest absolute Gasteiger partial charge is 0.387 e. The van der Waals surface area contributed by atoms with Crippen molar-refractivity contribution in [3.05, 3.63) is 22.7 Å². The highest BCUT2D eigenvalue weighted by molar-refractivity contribution is 5.23. The standard InChI is InChI=1S/C10H12F3N3O5/c11-10(12,13)20-3-4-6(17)7(18)8(21-4)16-2-1-5(14)15-9(16)19/h1-2,4,6-8,17-18H,3H2,(H2,14,15,19)/t4-,6-,7-,8-/m1/s1. The Morgan fingerprint density at radius 1 is 1.43 bits per heavy atom. The lowest BCUT2D eigenvalue weighted by atomic mass is 10.1. The number of ether oxygens (including phenoxy) is 2. The van der Waals surface area contributed by atoms with E-state index in [9.17, 15) is 28.2 Å². The number of nitrogens with zero attached hydrogens (tertiary/aromatic N) is 2. The largest absolute Gasteiger partial charge is 0.522 e. The predicted molar refractivity (Wildman–Crippen MR) is 60.8 cm³/mol. The number of rotatable bonds is 3. The van der Waals surface area contributed by atoms with Crippen LogP contribution in [0.1, 0.15) is 6.23 Å². The van der Waals surface area contributed by atoms with Crippen LogP contribution in [-0.4, -0.2) is 51.0 Å². The number of anilines is 1. The first-order valence-electron chi connectivity index (χ1n) is 5.76. The third-order valence-corrected chi connectivity index (χ3v) is 2.87. The van der Waals surface area contributed by atoms with E-state index in [1.807, 2.05) is 0 Å². The van der Waals surface area contributed by atoms with Crippen molar-refractivity contribution in [3.8, 4) is 0 Å². The SMILES string of the molecule is Nc1ccn([C@@H]2O[C@H](COC(F)(F)F)[C@@H](O)[C@H]2O)c(=O)n1. The number of aromatic nitrogens is 2. The molecule has 0 bridgehead atoms. The summed E-state index contributed by atoms with van der Waals surface area (Å²) in [4.78, 5) is 15.0. The highest BCUT2D eigenvalue weighted by Crippen LogP contribution is 2.30. The van der Waals surface area contributed by atoms with E-state index >= 15 is 0 Å². The number of hydrogen-bond donors (Lipinski definition) is 3. The summed E-state index contributed by atoms with van der Waals surface area (Å²) in [5, 5.41) is 19.4. The number of nitrogen functional groups attached to an aromatic ring is 1. The molecule has 4 N–H and O–H groups in total. The summed E-state index contributed by atoms with van der Waals surface area (Å²) in [5.74, 6) is -0.0683. The first-order chi connectivity index (χ1) is 9.69. The zero-order chi connectivity index (χ0) is 15.8. The number of aliphatic hydroxyl groups excluding tert-OH is 2. The van der Waals surface area contributed by atoms with Crippen LogP contribution in [0, 0.1) is 0 Å². The number of alkyl halides is 3. The van der Waals surface area contributed by atoms with Gasteiger partial charge < -0.3 is 20.7 Å². The third-order valence-electron chi connectivity index (χ3n) is 2.87. The topological polar surface area (TPSA) is 120 Å². The Kier molecular flexibility index (Phi) is 4.18. The summed E-state index contributed by atoms with van der Waals surface area (Å²) in [6, 6.07) is 1.24. The summed E-state index contributed by atoms with van der Waals surface area (Å²) in [5.41, 5.74) is 4.42. The molecule has 0 aliphatic carbocycles. The van der Waals surface area contributed by atoms with Crippen LogP contribution in [0.25, 0.3) is 0 Å². The molecule has 1 aromatic heterocycles. The average Bonchev–Trinajstić information content (AvgIpc) is 2.64. The minimum Gasteiger partial charge on any atom is -0.387 e. The maximum Gasteiger partial charge on any atom is 0.522 e. The van der Waals surface area contributed by atoms with Crippen LogP contribution in [0.3, 0.4) is 0 Å². The lowest BCUT2D eigenvalue weighted by molar-refractivity contribution is -0.333. The van der Waals surface area contributed by atoms with Crippen molar-refractivity contribution < 1.29 is 32.9 Å². The average molecular weight is 311 g/mol. The maximum atomic E-state index is 12.0. The van der Waals surface area contributed by atoms with Gasteiger partial charge in [0.15, 0.2) is 6.23 Å². The first-order valence-corrected chi connectivity index (χ1v) is 5.76. The van der Waals surface area contributed by atoms with Crippen molar-refractivity contribution in [1.29, 1.82) is 0 Å². The second-order valence-electron chi connectivity index (χ2n) is 4.35. The van der Waals surface area contributed by atoms with Gasteiger partial charge in [0.1, 0.15) is 24.1 Å². The summed E-state index contributed by atoms with van der Waals surface area (Å²) in [6.07, 6.45) is -9.85. The summed E-state index contributed by atoms with van der Waals surface area (Å²) >= 11 is 0. The lowest BCUT2D eigenvalue weighted by Gasteiger charge is -2.17. The van der Waals surface area contributed by atoms with E-state index in [1.54, 1.807) is 0 Å². The molecular weight excluding hydrogens is 299 g/mol. The van der Waals surface area contributed by atoms with Gasteiger partial charge in [0, 0.05) is 6.20 Å². The Bertz CT molecular complexity index is 564. The molecule has 0 spiro atoms. The minimum atomic E-state index is -4.90. The molecule has 8 nitrogen and oxygen atoms in total. The number of hydrogen-bond acceptors (Lipinski definition) is 7.